The van der Waals surface area contributed by atoms with Gasteiger partial charge in [0, 0.05) is 0 Å². The fourth-order valence-electron chi connectivity index (χ4n) is 3.07. The van der Waals surface area contributed by atoms with Gasteiger partial charge in [-0.3, -0.25) is 4.79 Å². The number of carbonyl (C=O) groups is 1. The maximum atomic E-state index is 11.2. The Morgan fingerprint density at radius 3 is 2.23 bits per heavy atom. The Labute approximate surface area is 79.3 Å². The molecule has 0 aromatic rings. The lowest BCUT2D eigenvalue weighted by molar-refractivity contribution is -0.150. The smallest absolute Gasteiger partial charge is 0.309 e. The SMILES string of the molecule is O=C(O)C12CCCC(CCC1)CC2. The van der Waals surface area contributed by atoms with Gasteiger partial charge in [-0.25, -0.2) is 0 Å². The Hall–Kier alpha value is -0.530. The van der Waals surface area contributed by atoms with Gasteiger partial charge in [0.05, 0.1) is 5.41 Å². The van der Waals surface area contributed by atoms with Gasteiger partial charge in [0.25, 0.3) is 0 Å². The van der Waals surface area contributed by atoms with Crippen LogP contribution in [0.3, 0.4) is 0 Å². The van der Waals surface area contributed by atoms with Crippen LogP contribution in [0.15, 0.2) is 0 Å². The van der Waals surface area contributed by atoms with Crippen LogP contribution >= 0.6 is 0 Å². The van der Waals surface area contributed by atoms with E-state index in [2.05, 4.69) is 0 Å². The summed E-state index contributed by atoms with van der Waals surface area (Å²) in [5, 5.41) is 9.26. The Morgan fingerprint density at radius 2 is 1.69 bits per heavy atom. The number of aliphatic carboxylic acids is 1. The van der Waals surface area contributed by atoms with E-state index in [1.54, 1.807) is 0 Å². The minimum absolute atomic E-state index is 0.328. The molecule has 1 N–H and O–H groups in total. The summed E-state index contributed by atoms with van der Waals surface area (Å²) in [5.41, 5.74) is -0.328. The Bertz CT molecular complexity index is 200. The number of fused-ring (bicyclic) bond motifs is 3. The average Bonchev–Trinajstić information content (AvgIpc) is 2.34. The lowest BCUT2D eigenvalue weighted by atomic mass is 9.77. The molecule has 2 rings (SSSR count). The maximum Gasteiger partial charge on any atom is 0.309 e. The van der Waals surface area contributed by atoms with Crippen LogP contribution in [0.4, 0.5) is 0 Å². The van der Waals surface area contributed by atoms with Gasteiger partial charge in [-0.1, -0.05) is 25.7 Å². The van der Waals surface area contributed by atoms with Crippen LogP contribution in [0, 0.1) is 11.3 Å². The molecule has 0 unspecified atom stereocenters. The highest BCUT2D eigenvalue weighted by atomic mass is 16.4. The molecule has 74 valence electrons. The van der Waals surface area contributed by atoms with Crippen molar-refractivity contribution in [3.05, 3.63) is 0 Å². The molecule has 2 bridgehead atoms. The Kier molecular flexibility index (Phi) is 2.31. The summed E-state index contributed by atoms with van der Waals surface area (Å²) in [7, 11) is 0. The van der Waals surface area contributed by atoms with Crippen LogP contribution in [0.25, 0.3) is 0 Å². The van der Waals surface area contributed by atoms with E-state index in [9.17, 15) is 9.90 Å². The zero-order valence-electron chi connectivity index (χ0n) is 8.09. The normalized spacial score (nSPS) is 39.5. The summed E-state index contributed by atoms with van der Waals surface area (Å²) in [4.78, 5) is 11.2. The topological polar surface area (TPSA) is 37.3 Å². The fraction of sp³-hybridized carbons (Fsp3) is 0.909. The zero-order valence-corrected chi connectivity index (χ0v) is 8.09. The van der Waals surface area contributed by atoms with Crippen molar-refractivity contribution < 1.29 is 9.90 Å². The largest absolute Gasteiger partial charge is 0.481 e. The first kappa shape index (κ1) is 9.04. The molecule has 2 heteroatoms. The fourth-order valence-corrected chi connectivity index (χ4v) is 3.07. The molecule has 0 atom stereocenters. The lowest BCUT2D eigenvalue weighted by Crippen LogP contribution is -2.30. The van der Waals surface area contributed by atoms with Gasteiger partial charge in [0.1, 0.15) is 0 Å². The maximum absolute atomic E-state index is 11.2. The summed E-state index contributed by atoms with van der Waals surface area (Å²) >= 11 is 0. The minimum Gasteiger partial charge on any atom is -0.481 e. The van der Waals surface area contributed by atoms with Crippen molar-refractivity contribution in [3.63, 3.8) is 0 Å². The molecule has 2 aliphatic carbocycles. The van der Waals surface area contributed by atoms with Crippen molar-refractivity contribution in [2.24, 2.45) is 11.3 Å². The summed E-state index contributed by atoms with van der Waals surface area (Å²) in [5.74, 6) is 0.304. The van der Waals surface area contributed by atoms with Gasteiger partial charge in [-0.2, -0.15) is 0 Å². The molecule has 2 fully saturated rings. The van der Waals surface area contributed by atoms with E-state index in [0.717, 1.165) is 44.4 Å². The molecule has 0 aromatic carbocycles. The molecule has 0 amide bonds. The van der Waals surface area contributed by atoms with Crippen molar-refractivity contribution in [2.75, 3.05) is 0 Å². The van der Waals surface area contributed by atoms with E-state index in [0.29, 0.717) is 0 Å². The first-order valence-electron chi connectivity index (χ1n) is 5.46. The highest BCUT2D eigenvalue weighted by Crippen LogP contribution is 2.45. The number of carboxylic acids is 1. The van der Waals surface area contributed by atoms with E-state index in [-0.39, 0.29) is 5.41 Å². The van der Waals surface area contributed by atoms with Crippen molar-refractivity contribution in [3.8, 4) is 0 Å². The monoisotopic (exact) mass is 182 g/mol. The summed E-state index contributed by atoms with van der Waals surface area (Å²) in [6, 6.07) is 0. The van der Waals surface area contributed by atoms with Crippen molar-refractivity contribution >= 4 is 5.97 Å². The average molecular weight is 182 g/mol. The number of carboxylic acid groups (broad SMARTS) is 1. The van der Waals surface area contributed by atoms with Gasteiger partial charge in [0.2, 0.25) is 0 Å². The molecule has 0 saturated heterocycles. The molecule has 0 spiro atoms. The summed E-state index contributed by atoms with van der Waals surface area (Å²) in [6.07, 6.45) is 8.77. The second kappa shape index (κ2) is 3.32. The molecule has 13 heavy (non-hydrogen) atoms. The summed E-state index contributed by atoms with van der Waals surface area (Å²) < 4.78 is 0. The van der Waals surface area contributed by atoms with Crippen LogP contribution in [0.5, 0.6) is 0 Å². The molecule has 0 radical (unpaired) electrons. The third-order valence-electron chi connectivity index (χ3n) is 4.02. The van der Waals surface area contributed by atoms with E-state index in [1.165, 1.54) is 12.8 Å². The highest BCUT2D eigenvalue weighted by Gasteiger charge is 2.41. The number of hydrogen-bond donors (Lipinski definition) is 1. The molecule has 0 aliphatic heterocycles. The third kappa shape index (κ3) is 1.59. The van der Waals surface area contributed by atoms with Crippen LogP contribution in [-0.2, 0) is 4.79 Å². The Balaban J connectivity index is 2.20. The van der Waals surface area contributed by atoms with E-state index >= 15 is 0 Å². The van der Waals surface area contributed by atoms with Gasteiger partial charge < -0.3 is 5.11 Å². The van der Waals surface area contributed by atoms with Crippen LogP contribution < -0.4 is 0 Å². The highest BCUT2D eigenvalue weighted by molar-refractivity contribution is 5.74. The van der Waals surface area contributed by atoms with Crippen LogP contribution in [0.2, 0.25) is 0 Å². The summed E-state index contributed by atoms with van der Waals surface area (Å²) in [6.45, 7) is 0. The van der Waals surface area contributed by atoms with Gasteiger partial charge in [-0.15, -0.1) is 0 Å². The van der Waals surface area contributed by atoms with Crippen molar-refractivity contribution in [1.82, 2.24) is 0 Å². The van der Waals surface area contributed by atoms with E-state index in [4.69, 9.17) is 0 Å². The standard InChI is InChI=1S/C11H18O2/c12-10(13)11-6-1-3-9(5-8-11)4-2-7-11/h9H,1-8H2,(H,12,13). The van der Waals surface area contributed by atoms with Gasteiger partial charge in [-0.05, 0) is 31.6 Å². The van der Waals surface area contributed by atoms with E-state index in [1.807, 2.05) is 0 Å². The number of rotatable bonds is 1. The quantitative estimate of drug-likeness (QED) is 0.677. The molecule has 2 saturated carbocycles. The predicted molar refractivity (Wildman–Crippen MR) is 50.5 cm³/mol. The van der Waals surface area contributed by atoms with Crippen LogP contribution in [-0.4, -0.2) is 11.1 Å². The molecule has 2 nitrogen and oxygen atoms in total. The Morgan fingerprint density at radius 1 is 1.08 bits per heavy atom. The first-order chi connectivity index (χ1) is 6.23. The molecular formula is C11H18O2. The van der Waals surface area contributed by atoms with Crippen molar-refractivity contribution in [1.29, 1.82) is 0 Å². The molecule has 0 aromatic heterocycles. The van der Waals surface area contributed by atoms with Crippen LogP contribution in [0.1, 0.15) is 51.4 Å². The second-order valence-corrected chi connectivity index (χ2v) is 4.77. The first-order valence-corrected chi connectivity index (χ1v) is 5.46. The predicted octanol–water partition coefficient (Wildman–Crippen LogP) is 2.82. The zero-order chi connectivity index (χ0) is 9.31. The second-order valence-electron chi connectivity index (χ2n) is 4.77. The molecule has 0 heterocycles. The molecular weight excluding hydrogens is 164 g/mol. The van der Waals surface area contributed by atoms with Gasteiger partial charge >= 0.3 is 5.97 Å². The van der Waals surface area contributed by atoms with Gasteiger partial charge in [0.15, 0.2) is 0 Å². The molecule has 2 aliphatic rings. The van der Waals surface area contributed by atoms with Crippen molar-refractivity contribution in [2.45, 2.75) is 51.4 Å². The minimum atomic E-state index is -0.532. The third-order valence-corrected chi connectivity index (χ3v) is 4.02. The van der Waals surface area contributed by atoms with E-state index < -0.39 is 5.97 Å². The lowest BCUT2D eigenvalue weighted by Gasteiger charge is -2.27. The number of hydrogen-bond acceptors (Lipinski definition) is 1.